The minimum Gasteiger partial charge on any atom is -0.497 e. The number of methoxy groups -OCH3 is 2. The molecule has 1 aliphatic rings. The molecule has 3 rings (SSSR count). The van der Waals surface area contributed by atoms with E-state index in [0.717, 1.165) is 5.56 Å². The molecule has 0 aliphatic carbocycles. The van der Waals surface area contributed by atoms with Crippen molar-refractivity contribution in [2.45, 2.75) is 55.1 Å². The lowest BCUT2D eigenvalue weighted by molar-refractivity contribution is -0.140. The van der Waals surface area contributed by atoms with E-state index >= 15 is 0 Å². The molecular weight excluding hydrogens is 600 g/mol. The van der Waals surface area contributed by atoms with Gasteiger partial charge in [-0.3, -0.25) is 15.0 Å². The molecule has 1 heterocycles. The lowest BCUT2D eigenvalue weighted by Gasteiger charge is -2.29. The first-order valence-corrected chi connectivity index (χ1v) is 15.0. The van der Waals surface area contributed by atoms with Crippen LogP contribution in [-0.2, 0) is 30.8 Å². The number of halogens is 1. The average molecular weight is 639 g/mol. The van der Waals surface area contributed by atoms with E-state index in [1.807, 2.05) is 6.07 Å². The quantitative estimate of drug-likeness (QED) is 0.0817. The number of amides is 2. The minimum atomic E-state index is -4.29. The summed E-state index contributed by atoms with van der Waals surface area (Å²) < 4.78 is 40.2. The predicted octanol–water partition coefficient (Wildman–Crippen LogP) is 0.953. The number of guanidine groups is 1. The molecule has 2 amide bonds. The Hall–Kier alpha value is -3.88. The number of aldehydes is 1. The molecule has 6 N–H and O–H groups in total. The van der Waals surface area contributed by atoms with Crippen LogP contribution < -0.4 is 30.6 Å². The molecule has 2 aromatic carbocycles. The maximum absolute atomic E-state index is 13.9. The van der Waals surface area contributed by atoms with Crippen molar-refractivity contribution in [1.82, 2.24) is 20.3 Å². The number of ether oxygens (including phenoxy) is 2. The Balaban J connectivity index is 0.00000645. The Bertz CT molecular complexity index is 1360. The van der Waals surface area contributed by atoms with E-state index in [2.05, 4.69) is 15.4 Å². The van der Waals surface area contributed by atoms with E-state index in [4.69, 9.17) is 20.6 Å². The highest BCUT2D eigenvalue weighted by atomic mass is 35.5. The topological polar surface area (TPSA) is 193 Å². The van der Waals surface area contributed by atoms with Crippen molar-refractivity contribution < 1.29 is 32.3 Å². The van der Waals surface area contributed by atoms with Gasteiger partial charge in [0.1, 0.15) is 34.8 Å². The molecule has 0 spiro atoms. The normalized spacial score (nSPS) is 15.9. The first-order chi connectivity index (χ1) is 20.1. The van der Waals surface area contributed by atoms with Gasteiger partial charge in [0.15, 0.2) is 5.96 Å². The second kappa shape index (κ2) is 16.7. The second-order valence-electron chi connectivity index (χ2n) is 9.80. The van der Waals surface area contributed by atoms with E-state index in [9.17, 15) is 22.8 Å². The number of nitrogens with one attached hydrogen (secondary N) is 4. The Morgan fingerprint density at radius 2 is 1.88 bits per heavy atom. The molecule has 0 saturated carbocycles. The number of carbonyl (C=O) groups is 3. The number of sulfonamides is 1. The van der Waals surface area contributed by atoms with Gasteiger partial charge in [-0.25, -0.2) is 8.42 Å². The van der Waals surface area contributed by atoms with Crippen LogP contribution in [0.25, 0.3) is 0 Å². The maximum atomic E-state index is 13.9. The zero-order valence-electron chi connectivity index (χ0n) is 24.1. The summed E-state index contributed by atoms with van der Waals surface area (Å²) >= 11 is 0. The van der Waals surface area contributed by atoms with Crippen LogP contribution in [0.4, 0.5) is 0 Å². The van der Waals surface area contributed by atoms with E-state index < -0.39 is 40.0 Å². The minimum absolute atomic E-state index is 0. The van der Waals surface area contributed by atoms with Crippen molar-refractivity contribution in [1.29, 1.82) is 5.41 Å². The third-order valence-electron chi connectivity index (χ3n) is 6.88. The van der Waals surface area contributed by atoms with Crippen LogP contribution in [0.2, 0.25) is 0 Å². The number of rotatable bonds is 15. The molecule has 1 fully saturated rings. The highest BCUT2D eigenvalue weighted by Gasteiger charge is 2.39. The third-order valence-corrected chi connectivity index (χ3v) is 8.37. The molecule has 2 aromatic rings. The van der Waals surface area contributed by atoms with Crippen LogP contribution >= 0.6 is 12.4 Å². The predicted molar refractivity (Wildman–Crippen MR) is 163 cm³/mol. The summed E-state index contributed by atoms with van der Waals surface area (Å²) in [5.74, 6) is -0.873. The Morgan fingerprint density at radius 1 is 1.16 bits per heavy atom. The van der Waals surface area contributed by atoms with Gasteiger partial charge in [-0.1, -0.05) is 30.3 Å². The van der Waals surface area contributed by atoms with Crippen LogP contribution in [0.15, 0.2) is 53.4 Å². The Kier molecular flexibility index (Phi) is 13.7. The fourth-order valence-corrected chi connectivity index (χ4v) is 6.15. The lowest BCUT2D eigenvalue weighted by Crippen LogP contribution is -2.55. The summed E-state index contributed by atoms with van der Waals surface area (Å²) in [5, 5.41) is 12.5. The lowest BCUT2D eigenvalue weighted by atomic mass is 10.0. The summed E-state index contributed by atoms with van der Waals surface area (Å²) in [5.41, 5.74) is 5.98. The fraction of sp³-hybridized carbons (Fsp3) is 0.429. The standard InChI is InChI=1S/C28H38N6O7S.ClH/c1-40-21-12-13-24(41-2)25(17-21)42(38,39)33-22(16-19-8-4-3-5-9-19)27(37)34-15-7-11-23(34)26(36)32-20(18-35)10-6-14-31-28(29)30;/h3-5,8-9,12-13,17-18,20,22-23,33H,6-7,10-11,14-16H2,1-2H3,(H,32,36)(H4,29,30,31);1H/t20-,22+,23-;/m0./s1. The smallest absolute Gasteiger partial charge is 0.245 e. The molecule has 0 unspecified atom stereocenters. The van der Waals surface area contributed by atoms with Crippen LogP contribution in [0.1, 0.15) is 31.2 Å². The molecule has 3 atom stereocenters. The van der Waals surface area contributed by atoms with Gasteiger partial charge in [0.05, 0.1) is 20.3 Å². The summed E-state index contributed by atoms with van der Waals surface area (Å²) in [4.78, 5) is 39.9. The zero-order chi connectivity index (χ0) is 30.7. The Labute approximate surface area is 257 Å². The van der Waals surface area contributed by atoms with E-state index in [-0.39, 0.29) is 42.0 Å². The van der Waals surface area contributed by atoms with Crippen molar-refractivity contribution >= 4 is 46.5 Å². The van der Waals surface area contributed by atoms with Crippen LogP contribution in [0.3, 0.4) is 0 Å². The maximum Gasteiger partial charge on any atom is 0.245 e. The summed E-state index contributed by atoms with van der Waals surface area (Å²) in [6.07, 6.45) is 2.35. The van der Waals surface area contributed by atoms with E-state index in [1.165, 1.54) is 31.3 Å². The summed E-state index contributed by atoms with van der Waals surface area (Å²) in [6.45, 7) is 0.615. The van der Waals surface area contributed by atoms with Gasteiger partial charge in [-0.2, -0.15) is 4.72 Å². The molecule has 236 valence electrons. The Morgan fingerprint density at radius 3 is 2.51 bits per heavy atom. The number of hydrogen-bond donors (Lipinski definition) is 5. The number of nitrogens with two attached hydrogens (primary N) is 1. The molecule has 1 saturated heterocycles. The first kappa shape index (κ1) is 35.3. The van der Waals surface area contributed by atoms with Gasteiger partial charge in [0.25, 0.3) is 0 Å². The zero-order valence-corrected chi connectivity index (χ0v) is 25.7. The van der Waals surface area contributed by atoms with Crippen LogP contribution in [-0.4, -0.2) is 82.8 Å². The molecule has 15 heteroatoms. The van der Waals surface area contributed by atoms with Gasteiger partial charge >= 0.3 is 0 Å². The van der Waals surface area contributed by atoms with Gasteiger partial charge in [0.2, 0.25) is 21.8 Å². The highest BCUT2D eigenvalue weighted by Crippen LogP contribution is 2.29. The summed E-state index contributed by atoms with van der Waals surface area (Å²) in [7, 11) is -1.54. The van der Waals surface area contributed by atoms with Crippen molar-refractivity contribution in [3.05, 3.63) is 54.1 Å². The monoisotopic (exact) mass is 638 g/mol. The van der Waals surface area contributed by atoms with Crippen molar-refractivity contribution in [3.8, 4) is 11.5 Å². The molecule has 0 aromatic heterocycles. The number of nitrogens with zero attached hydrogens (tertiary/aromatic N) is 1. The van der Waals surface area contributed by atoms with Gasteiger partial charge in [-0.05, 0) is 49.8 Å². The molecule has 1 aliphatic heterocycles. The molecule has 0 bridgehead atoms. The number of benzene rings is 2. The molecule has 0 radical (unpaired) electrons. The average Bonchev–Trinajstić information content (AvgIpc) is 3.48. The third kappa shape index (κ3) is 9.83. The number of likely N-dealkylation sites (tertiary alicyclic amines) is 1. The van der Waals surface area contributed by atoms with E-state index in [0.29, 0.717) is 44.3 Å². The fourth-order valence-electron chi connectivity index (χ4n) is 4.78. The van der Waals surface area contributed by atoms with Gasteiger partial charge < -0.3 is 35.5 Å². The van der Waals surface area contributed by atoms with Crippen molar-refractivity contribution in [2.24, 2.45) is 5.73 Å². The SMILES string of the molecule is COc1ccc(OC)c(S(=O)(=O)N[C@H](Cc2ccccc2)C(=O)N2CCC[C@H]2C(=O)N[C@H](C=O)CCCNC(=N)N)c1.Cl. The van der Waals surface area contributed by atoms with Gasteiger partial charge in [0, 0.05) is 19.2 Å². The largest absolute Gasteiger partial charge is 0.497 e. The molecule has 43 heavy (non-hydrogen) atoms. The van der Waals surface area contributed by atoms with E-state index in [1.54, 1.807) is 30.3 Å². The first-order valence-electron chi connectivity index (χ1n) is 13.5. The number of carbonyl (C=O) groups excluding carboxylic acids is 3. The second-order valence-corrected chi connectivity index (χ2v) is 11.5. The summed E-state index contributed by atoms with van der Waals surface area (Å²) in [6, 6.07) is 10.4. The number of hydrogen-bond acceptors (Lipinski definition) is 8. The van der Waals surface area contributed by atoms with Crippen LogP contribution in [0.5, 0.6) is 11.5 Å². The molecule has 13 nitrogen and oxygen atoms in total. The molecular formula is C28H39ClN6O7S. The highest BCUT2D eigenvalue weighted by molar-refractivity contribution is 7.89. The van der Waals surface area contributed by atoms with Crippen LogP contribution in [0, 0.1) is 5.41 Å². The van der Waals surface area contributed by atoms with Crippen molar-refractivity contribution in [2.75, 3.05) is 27.3 Å². The van der Waals surface area contributed by atoms with Crippen molar-refractivity contribution in [3.63, 3.8) is 0 Å². The van der Waals surface area contributed by atoms with Gasteiger partial charge in [-0.15, -0.1) is 12.4 Å².